The standard InChI is InChI=1S/C15H17N3O3/c1-2-7-16(9-11-3-4-11)15(19)14-8-13(18(20)21)10-17(14)12-5-6-12/h1,8,10-12H,3-7,9H2. The summed E-state index contributed by atoms with van der Waals surface area (Å²) in [6.45, 7) is 0.894. The van der Waals surface area contributed by atoms with Crippen molar-refractivity contribution in [2.75, 3.05) is 13.1 Å². The average Bonchev–Trinajstić information content (AvgIpc) is 3.37. The Morgan fingerprint density at radius 3 is 2.71 bits per heavy atom. The molecule has 1 aromatic rings. The topological polar surface area (TPSA) is 68.4 Å². The van der Waals surface area contributed by atoms with Gasteiger partial charge in [0.05, 0.1) is 17.7 Å². The number of aromatic nitrogens is 1. The molecule has 0 saturated heterocycles. The quantitative estimate of drug-likeness (QED) is 0.457. The number of rotatable bonds is 6. The third-order valence-corrected chi connectivity index (χ3v) is 3.95. The molecule has 2 fully saturated rings. The highest BCUT2D eigenvalue weighted by atomic mass is 16.6. The highest BCUT2D eigenvalue weighted by Gasteiger charge is 2.33. The Morgan fingerprint density at radius 2 is 2.19 bits per heavy atom. The van der Waals surface area contributed by atoms with Gasteiger partial charge in [0.2, 0.25) is 0 Å². The molecule has 0 radical (unpaired) electrons. The SMILES string of the molecule is C#CCN(CC1CC1)C(=O)c1cc([N+](=O)[O-])cn1C1CC1. The lowest BCUT2D eigenvalue weighted by Crippen LogP contribution is -2.34. The number of carbonyl (C=O) groups excluding carboxylic acids is 1. The van der Waals surface area contributed by atoms with E-state index in [4.69, 9.17) is 6.42 Å². The maximum Gasteiger partial charge on any atom is 0.287 e. The fraction of sp³-hybridized carbons (Fsp3) is 0.533. The lowest BCUT2D eigenvalue weighted by Gasteiger charge is -2.20. The van der Waals surface area contributed by atoms with E-state index in [9.17, 15) is 14.9 Å². The summed E-state index contributed by atoms with van der Waals surface area (Å²) >= 11 is 0. The third kappa shape index (κ3) is 2.92. The molecule has 3 rings (SSSR count). The Labute approximate surface area is 122 Å². The van der Waals surface area contributed by atoms with E-state index in [1.807, 2.05) is 0 Å². The van der Waals surface area contributed by atoms with Gasteiger partial charge in [-0.05, 0) is 31.6 Å². The van der Waals surface area contributed by atoms with Crippen LogP contribution in [0.15, 0.2) is 12.3 Å². The van der Waals surface area contributed by atoms with Crippen LogP contribution >= 0.6 is 0 Å². The second-order valence-electron chi connectivity index (χ2n) is 5.81. The Morgan fingerprint density at radius 1 is 1.48 bits per heavy atom. The molecule has 2 aliphatic carbocycles. The first-order valence-corrected chi connectivity index (χ1v) is 7.19. The van der Waals surface area contributed by atoms with Crippen molar-refractivity contribution in [3.8, 4) is 12.3 Å². The van der Waals surface area contributed by atoms with Gasteiger partial charge in [-0.3, -0.25) is 14.9 Å². The zero-order valence-electron chi connectivity index (χ0n) is 11.7. The molecule has 1 aromatic heterocycles. The fourth-order valence-corrected chi connectivity index (χ4v) is 2.49. The van der Waals surface area contributed by atoms with Crippen molar-refractivity contribution >= 4 is 11.6 Å². The monoisotopic (exact) mass is 287 g/mol. The van der Waals surface area contributed by atoms with Crippen molar-refractivity contribution in [3.63, 3.8) is 0 Å². The van der Waals surface area contributed by atoms with Crippen molar-refractivity contribution in [2.45, 2.75) is 31.7 Å². The second kappa shape index (κ2) is 5.24. The summed E-state index contributed by atoms with van der Waals surface area (Å²) in [5.74, 6) is 2.84. The van der Waals surface area contributed by atoms with Crippen molar-refractivity contribution < 1.29 is 9.72 Å². The third-order valence-electron chi connectivity index (χ3n) is 3.95. The van der Waals surface area contributed by atoms with Crippen molar-refractivity contribution in [2.24, 2.45) is 5.92 Å². The summed E-state index contributed by atoms with van der Waals surface area (Å²) in [5.41, 5.74) is 0.359. The minimum atomic E-state index is -0.456. The van der Waals surface area contributed by atoms with Crippen LogP contribution in [0.4, 0.5) is 5.69 Å². The number of nitrogens with zero attached hydrogens (tertiary/aromatic N) is 3. The second-order valence-corrected chi connectivity index (χ2v) is 5.81. The van der Waals surface area contributed by atoms with Gasteiger partial charge in [0.15, 0.2) is 0 Å². The van der Waals surface area contributed by atoms with Crippen molar-refractivity contribution in [1.29, 1.82) is 0 Å². The number of carbonyl (C=O) groups is 1. The van der Waals surface area contributed by atoms with Gasteiger partial charge in [0.1, 0.15) is 5.69 Å². The molecule has 1 heterocycles. The average molecular weight is 287 g/mol. The molecule has 6 nitrogen and oxygen atoms in total. The summed E-state index contributed by atoms with van der Waals surface area (Å²) in [6.07, 6.45) is 11.0. The molecule has 0 unspecified atom stereocenters. The lowest BCUT2D eigenvalue weighted by atomic mass is 10.3. The van der Waals surface area contributed by atoms with Gasteiger partial charge in [-0.2, -0.15) is 0 Å². The van der Waals surface area contributed by atoms with Crippen LogP contribution in [0.1, 0.15) is 42.2 Å². The maximum atomic E-state index is 12.7. The van der Waals surface area contributed by atoms with E-state index in [2.05, 4.69) is 5.92 Å². The number of amides is 1. The van der Waals surface area contributed by atoms with Crippen LogP contribution in [-0.4, -0.2) is 33.4 Å². The summed E-state index contributed by atoms with van der Waals surface area (Å²) in [7, 11) is 0. The molecule has 0 aliphatic heterocycles. The lowest BCUT2D eigenvalue weighted by molar-refractivity contribution is -0.384. The van der Waals surface area contributed by atoms with Crippen LogP contribution in [0.3, 0.4) is 0 Å². The van der Waals surface area contributed by atoms with Gasteiger partial charge in [-0.25, -0.2) is 0 Å². The molecule has 0 bridgehead atoms. The van der Waals surface area contributed by atoms with Crippen LogP contribution in [0, 0.1) is 28.4 Å². The highest BCUT2D eigenvalue weighted by molar-refractivity contribution is 5.94. The summed E-state index contributed by atoms with van der Waals surface area (Å²) in [5, 5.41) is 11.0. The maximum absolute atomic E-state index is 12.7. The zero-order valence-corrected chi connectivity index (χ0v) is 11.7. The van der Waals surface area contributed by atoms with Crippen LogP contribution in [0.25, 0.3) is 0 Å². The number of nitro groups is 1. The largest absolute Gasteiger partial charge is 0.334 e. The van der Waals surface area contributed by atoms with E-state index in [1.54, 1.807) is 9.47 Å². The molecule has 2 saturated carbocycles. The van der Waals surface area contributed by atoms with E-state index in [-0.39, 0.29) is 24.2 Å². The molecule has 6 heteroatoms. The van der Waals surface area contributed by atoms with Gasteiger partial charge < -0.3 is 9.47 Å². The molecule has 0 atom stereocenters. The smallest absolute Gasteiger partial charge is 0.287 e. The normalized spacial score (nSPS) is 17.3. The fourth-order valence-electron chi connectivity index (χ4n) is 2.49. The molecule has 0 spiro atoms. The van der Waals surface area contributed by atoms with Gasteiger partial charge in [-0.1, -0.05) is 5.92 Å². The molecular formula is C15H17N3O3. The van der Waals surface area contributed by atoms with E-state index < -0.39 is 4.92 Å². The summed E-state index contributed by atoms with van der Waals surface area (Å²) in [4.78, 5) is 24.8. The van der Waals surface area contributed by atoms with Gasteiger partial charge in [-0.15, -0.1) is 6.42 Å². The summed E-state index contributed by atoms with van der Waals surface area (Å²) < 4.78 is 1.75. The molecule has 1 amide bonds. The minimum Gasteiger partial charge on any atom is -0.334 e. The number of terminal acetylenes is 1. The molecule has 110 valence electrons. The minimum absolute atomic E-state index is 0.0303. The molecule has 0 N–H and O–H groups in total. The van der Waals surface area contributed by atoms with E-state index >= 15 is 0 Å². The van der Waals surface area contributed by atoms with Crippen molar-refractivity contribution in [1.82, 2.24) is 9.47 Å². The Kier molecular flexibility index (Phi) is 3.42. The Bertz CT molecular complexity index is 621. The Hall–Kier alpha value is -2.29. The van der Waals surface area contributed by atoms with Gasteiger partial charge >= 0.3 is 0 Å². The predicted molar refractivity (Wildman–Crippen MR) is 76.8 cm³/mol. The van der Waals surface area contributed by atoms with E-state index in [0.717, 1.165) is 25.7 Å². The van der Waals surface area contributed by atoms with Crippen molar-refractivity contribution in [3.05, 3.63) is 28.1 Å². The van der Waals surface area contributed by atoms with Gasteiger partial charge in [0.25, 0.3) is 11.6 Å². The number of hydrogen-bond donors (Lipinski definition) is 0. The van der Waals surface area contributed by atoms with Crippen LogP contribution < -0.4 is 0 Å². The van der Waals surface area contributed by atoms with Gasteiger partial charge in [0, 0.05) is 18.7 Å². The zero-order chi connectivity index (χ0) is 15.0. The number of hydrogen-bond acceptors (Lipinski definition) is 3. The molecule has 2 aliphatic rings. The molecular weight excluding hydrogens is 270 g/mol. The molecule has 0 aromatic carbocycles. The van der Waals surface area contributed by atoms with E-state index in [0.29, 0.717) is 18.2 Å². The Balaban J connectivity index is 1.87. The summed E-state index contributed by atoms with van der Waals surface area (Å²) in [6, 6.07) is 1.59. The van der Waals surface area contributed by atoms with E-state index in [1.165, 1.54) is 12.3 Å². The first kappa shape index (κ1) is 13.7. The van der Waals surface area contributed by atoms with Crippen LogP contribution in [0.5, 0.6) is 0 Å². The van der Waals surface area contributed by atoms with Crippen LogP contribution in [-0.2, 0) is 0 Å². The van der Waals surface area contributed by atoms with Crippen LogP contribution in [0.2, 0.25) is 0 Å². The first-order valence-electron chi connectivity index (χ1n) is 7.19. The first-order chi connectivity index (χ1) is 10.1. The highest BCUT2D eigenvalue weighted by Crippen LogP contribution is 2.38. The molecule has 21 heavy (non-hydrogen) atoms. The predicted octanol–water partition coefficient (Wildman–Crippen LogP) is 2.22.